The molecule has 1 aromatic rings. The minimum atomic E-state index is -3.80. The minimum absolute atomic E-state index is 0.0899. The normalized spacial score (nSPS) is 12.4. The van der Waals surface area contributed by atoms with E-state index in [4.69, 9.17) is 10.7 Å². The Morgan fingerprint density at radius 2 is 2.14 bits per heavy atom. The molecule has 0 aliphatic carbocycles. The smallest absolute Gasteiger partial charge is 0.232 e. The molecule has 8 heteroatoms. The third-order valence-corrected chi connectivity index (χ3v) is 3.52. The van der Waals surface area contributed by atoms with Crippen LogP contribution in [0.2, 0.25) is 0 Å². The van der Waals surface area contributed by atoms with Crippen LogP contribution in [0.25, 0.3) is 0 Å². The van der Waals surface area contributed by atoms with Crippen LogP contribution in [-0.4, -0.2) is 23.4 Å². The van der Waals surface area contributed by atoms with Gasteiger partial charge in [-0.2, -0.15) is 0 Å². The first-order chi connectivity index (χ1) is 6.32. The summed E-state index contributed by atoms with van der Waals surface area (Å²) < 4.78 is 23.7. The van der Waals surface area contributed by atoms with Crippen molar-refractivity contribution in [3.8, 4) is 0 Å². The van der Waals surface area contributed by atoms with Gasteiger partial charge in [0.25, 0.3) is 9.05 Å². The Hall–Kier alpha value is -0.140. The zero-order chi connectivity index (χ0) is 10.9. The van der Waals surface area contributed by atoms with Crippen LogP contribution in [0, 0.1) is 5.92 Å². The van der Waals surface area contributed by atoms with Gasteiger partial charge in [-0.3, -0.25) is 0 Å². The molecule has 0 bridgehead atoms. The van der Waals surface area contributed by atoms with Crippen molar-refractivity contribution in [3.63, 3.8) is 0 Å². The van der Waals surface area contributed by atoms with Crippen molar-refractivity contribution < 1.29 is 8.42 Å². The molecule has 1 rings (SSSR count). The fourth-order valence-corrected chi connectivity index (χ4v) is 3.23. The predicted molar refractivity (Wildman–Crippen MR) is 55.6 cm³/mol. The van der Waals surface area contributed by atoms with Gasteiger partial charge in [-0.05, 0) is 21.8 Å². The first-order valence-corrected chi connectivity index (χ1v) is 6.96. The lowest BCUT2D eigenvalue weighted by Gasteiger charge is -2.05. The van der Waals surface area contributed by atoms with E-state index in [0.717, 1.165) is 0 Å². The van der Waals surface area contributed by atoms with E-state index in [1.807, 2.05) is 13.8 Å². The molecule has 80 valence electrons. The maximum Gasteiger partial charge on any atom is 0.281 e. The van der Waals surface area contributed by atoms with Crippen molar-refractivity contribution in [3.05, 3.63) is 4.60 Å². The molecule has 0 saturated carbocycles. The average Bonchev–Trinajstić information content (AvgIpc) is 2.28. The van der Waals surface area contributed by atoms with Crippen LogP contribution in [0.4, 0.5) is 0 Å². The summed E-state index contributed by atoms with van der Waals surface area (Å²) in [4.78, 5) is 0. The second kappa shape index (κ2) is 4.16. The standard InChI is InChI=1S/C6H9BrClN3O2S/c1-4(2)3-11-6(14(8,12)13)5(7)9-10-11/h4H,3H2,1-2H3. The Labute approximate surface area is 95.0 Å². The van der Waals surface area contributed by atoms with Gasteiger partial charge in [0, 0.05) is 17.2 Å². The largest absolute Gasteiger partial charge is 0.281 e. The fourth-order valence-electron chi connectivity index (χ4n) is 0.975. The lowest BCUT2D eigenvalue weighted by molar-refractivity contribution is 0.441. The summed E-state index contributed by atoms with van der Waals surface area (Å²) in [5.74, 6) is 0.265. The van der Waals surface area contributed by atoms with Gasteiger partial charge in [-0.25, -0.2) is 13.1 Å². The molecule has 0 aromatic carbocycles. The molecule has 1 heterocycles. The van der Waals surface area contributed by atoms with E-state index in [-0.39, 0.29) is 15.5 Å². The third-order valence-electron chi connectivity index (χ3n) is 1.42. The molecule has 5 nitrogen and oxygen atoms in total. The zero-order valence-corrected chi connectivity index (χ0v) is 10.8. The number of aromatic nitrogens is 3. The van der Waals surface area contributed by atoms with Crippen LogP contribution in [0.15, 0.2) is 9.63 Å². The Morgan fingerprint density at radius 1 is 1.57 bits per heavy atom. The van der Waals surface area contributed by atoms with Gasteiger partial charge in [0.15, 0.2) is 4.60 Å². The quantitative estimate of drug-likeness (QED) is 0.796. The number of rotatable bonds is 3. The summed E-state index contributed by atoms with van der Waals surface area (Å²) >= 11 is 2.98. The third kappa shape index (κ3) is 2.68. The molecule has 0 spiro atoms. The molecule has 0 aliphatic heterocycles. The number of halogens is 2. The molecule has 0 saturated heterocycles. The Bertz CT molecular complexity index is 428. The molecule has 0 radical (unpaired) electrons. The summed E-state index contributed by atoms with van der Waals surface area (Å²) in [6.07, 6.45) is 0. The predicted octanol–water partition coefficient (Wildman–Crippen LogP) is 1.62. The maximum absolute atomic E-state index is 11.2. The highest BCUT2D eigenvalue weighted by atomic mass is 79.9. The van der Waals surface area contributed by atoms with E-state index >= 15 is 0 Å². The molecule has 0 atom stereocenters. The minimum Gasteiger partial charge on any atom is -0.232 e. The second-order valence-electron chi connectivity index (χ2n) is 3.20. The summed E-state index contributed by atoms with van der Waals surface area (Å²) in [6.45, 7) is 4.35. The van der Waals surface area contributed by atoms with Gasteiger partial charge < -0.3 is 0 Å². The SMILES string of the molecule is CC(C)Cn1nnc(Br)c1S(=O)(=O)Cl. The Kier molecular flexibility index (Phi) is 3.54. The van der Waals surface area contributed by atoms with Crippen LogP contribution in [0.5, 0.6) is 0 Å². The molecule has 1 aromatic heterocycles. The van der Waals surface area contributed by atoms with Gasteiger partial charge in [0.1, 0.15) is 0 Å². The first kappa shape index (κ1) is 11.9. The van der Waals surface area contributed by atoms with Crippen LogP contribution < -0.4 is 0 Å². The number of hydrogen-bond acceptors (Lipinski definition) is 4. The molecule has 14 heavy (non-hydrogen) atoms. The molecule has 0 fully saturated rings. The van der Waals surface area contributed by atoms with Crippen molar-refractivity contribution in [2.24, 2.45) is 5.92 Å². The molecule has 0 amide bonds. The summed E-state index contributed by atoms with van der Waals surface area (Å²) in [5.41, 5.74) is 0. The van der Waals surface area contributed by atoms with E-state index in [0.29, 0.717) is 6.54 Å². The van der Waals surface area contributed by atoms with Crippen molar-refractivity contribution >= 4 is 35.7 Å². The topological polar surface area (TPSA) is 64.8 Å². The van der Waals surface area contributed by atoms with Crippen molar-refractivity contribution in [1.82, 2.24) is 15.0 Å². The van der Waals surface area contributed by atoms with Crippen molar-refractivity contribution in [1.29, 1.82) is 0 Å². The van der Waals surface area contributed by atoms with E-state index in [2.05, 4.69) is 26.2 Å². The van der Waals surface area contributed by atoms with E-state index in [9.17, 15) is 8.42 Å². The molecule has 0 N–H and O–H groups in total. The zero-order valence-electron chi connectivity index (χ0n) is 7.61. The van der Waals surface area contributed by atoms with Crippen LogP contribution in [-0.2, 0) is 15.6 Å². The molecule has 0 aliphatic rings. The monoisotopic (exact) mass is 301 g/mol. The second-order valence-corrected chi connectivity index (χ2v) is 6.43. The van der Waals surface area contributed by atoms with Crippen LogP contribution >= 0.6 is 26.6 Å². The van der Waals surface area contributed by atoms with Crippen LogP contribution in [0.1, 0.15) is 13.8 Å². The van der Waals surface area contributed by atoms with Gasteiger partial charge in [0.05, 0.1) is 0 Å². The fraction of sp³-hybridized carbons (Fsp3) is 0.667. The van der Waals surface area contributed by atoms with Crippen molar-refractivity contribution in [2.75, 3.05) is 0 Å². The average molecular weight is 303 g/mol. The highest BCUT2D eigenvalue weighted by molar-refractivity contribution is 9.10. The van der Waals surface area contributed by atoms with E-state index in [1.165, 1.54) is 4.68 Å². The molecular weight excluding hydrogens is 294 g/mol. The number of nitrogens with zero attached hydrogens (tertiary/aromatic N) is 3. The molecular formula is C6H9BrClN3O2S. The van der Waals surface area contributed by atoms with Gasteiger partial charge in [-0.1, -0.05) is 19.1 Å². The Morgan fingerprint density at radius 3 is 2.57 bits per heavy atom. The summed E-state index contributed by atoms with van der Waals surface area (Å²) in [7, 11) is 1.43. The lowest BCUT2D eigenvalue weighted by atomic mass is 10.2. The van der Waals surface area contributed by atoms with Gasteiger partial charge >= 0.3 is 0 Å². The lowest BCUT2D eigenvalue weighted by Crippen LogP contribution is -2.11. The van der Waals surface area contributed by atoms with Crippen LogP contribution in [0.3, 0.4) is 0 Å². The Balaban J connectivity index is 3.20. The van der Waals surface area contributed by atoms with Crippen molar-refractivity contribution in [2.45, 2.75) is 25.4 Å². The first-order valence-electron chi connectivity index (χ1n) is 3.86. The van der Waals surface area contributed by atoms with Gasteiger partial charge in [0.2, 0.25) is 5.03 Å². The number of hydrogen-bond donors (Lipinski definition) is 0. The molecule has 0 unspecified atom stereocenters. The summed E-state index contributed by atoms with van der Waals surface area (Å²) in [6, 6.07) is 0. The van der Waals surface area contributed by atoms with Gasteiger partial charge in [-0.15, -0.1) is 5.10 Å². The highest BCUT2D eigenvalue weighted by Gasteiger charge is 2.23. The summed E-state index contributed by atoms with van der Waals surface area (Å²) in [5, 5.41) is 7.19. The van der Waals surface area contributed by atoms with E-state index < -0.39 is 9.05 Å². The highest BCUT2D eigenvalue weighted by Crippen LogP contribution is 2.23. The van der Waals surface area contributed by atoms with E-state index in [1.54, 1.807) is 0 Å². The maximum atomic E-state index is 11.2.